The van der Waals surface area contributed by atoms with Crippen LogP contribution in [0.4, 0.5) is 10.5 Å². The molecular formula is C30H47N3O6. The highest BCUT2D eigenvalue weighted by Crippen LogP contribution is 2.40. The van der Waals surface area contributed by atoms with Gasteiger partial charge in [0.05, 0.1) is 11.7 Å². The number of carbonyl (C=O) groups excluding carboxylic acids is 3. The minimum atomic E-state index is -0.997. The number of benzene rings is 1. The van der Waals surface area contributed by atoms with Crippen LogP contribution < -0.4 is 9.64 Å². The summed E-state index contributed by atoms with van der Waals surface area (Å²) in [5.41, 5.74) is 0.363. The maximum atomic E-state index is 14.1. The van der Waals surface area contributed by atoms with Crippen LogP contribution in [0.15, 0.2) is 12.1 Å². The number of hydrogen-bond donors (Lipinski definition) is 0. The van der Waals surface area contributed by atoms with Gasteiger partial charge in [0.1, 0.15) is 11.4 Å². The van der Waals surface area contributed by atoms with Gasteiger partial charge in [0, 0.05) is 45.0 Å². The highest BCUT2D eigenvalue weighted by Gasteiger charge is 2.42. The number of fused-ring (bicyclic) bond motifs is 1. The topological polar surface area (TPSA) is 88.6 Å². The molecule has 1 aromatic carbocycles. The summed E-state index contributed by atoms with van der Waals surface area (Å²) in [6.45, 7) is 17.2. The number of methoxy groups -OCH3 is 1. The fourth-order valence-corrected chi connectivity index (χ4v) is 5.32. The Labute approximate surface area is 233 Å². The highest BCUT2D eigenvalue weighted by molar-refractivity contribution is 6.05. The minimum Gasteiger partial charge on any atom is -0.476 e. The number of aryl methyl sites for hydroxylation is 1. The molecule has 0 bridgehead atoms. The lowest BCUT2D eigenvalue weighted by atomic mass is 9.97. The highest BCUT2D eigenvalue weighted by atomic mass is 16.6. The van der Waals surface area contributed by atoms with Gasteiger partial charge in [0.15, 0.2) is 5.60 Å². The van der Waals surface area contributed by atoms with Gasteiger partial charge in [-0.2, -0.15) is 0 Å². The van der Waals surface area contributed by atoms with Crippen molar-refractivity contribution in [3.8, 4) is 5.75 Å². The molecule has 9 nitrogen and oxygen atoms in total. The molecule has 0 saturated carbocycles. The Hall–Kier alpha value is -2.81. The van der Waals surface area contributed by atoms with Crippen LogP contribution in [0.25, 0.3) is 0 Å². The number of ether oxygens (including phenoxy) is 3. The van der Waals surface area contributed by atoms with Gasteiger partial charge < -0.3 is 28.9 Å². The summed E-state index contributed by atoms with van der Waals surface area (Å²) >= 11 is 0. The average Bonchev–Trinajstić information content (AvgIpc) is 2.82. The lowest BCUT2D eigenvalue weighted by Crippen LogP contribution is -2.55. The molecule has 0 aromatic heterocycles. The maximum Gasteiger partial charge on any atom is 0.410 e. The molecule has 3 rings (SSSR count). The van der Waals surface area contributed by atoms with Crippen LogP contribution in [0.1, 0.15) is 90.1 Å². The van der Waals surface area contributed by atoms with Gasteiger partial charge in [-0.15, -0.1) is 0 Å². The smallest absolute Gasteiger partial charge is 0.410 e. The molecule has 2 aliphatic rings. The molecule has 2 aliphatic heterocycles. The van der Waals surface area contributed by atoms with Crippen LogP contribution in [-0.2, 0) is 14.3 Å². The van der Waals surface area contributed by atoms with E-state index >= 15 is 0 Å². The molecule has 3 amide bonds. The molecule has 39 heavy (non-hydrogen) atoms. The first-order chi connectivity index (χ1) is 18.2. The average molecular weight is 546 g/mol. The number of hydrogen-bond acceptors (Lipinski definition) is 6. The fraction of sp³-hybridized carbons (Fsp3) is 0.700. The van der Waals surface area contributed by atoms with Gasteiger partial charge in [0.2, 0.25) is 0 Å². The van der Waals surface area contributed by atoms with Crippen LogP contribution in [0.2, 0.25) is 0 Å². The Morgan fingerprint density at radius 3 is 2.51 bits per heavy atom. The van der Waals surface area contributed by atoms with E-state index in [0.717, 1.165) is 31.2 Å². The van der Waals surface area contributed by atoms with Crippen molar-refractivity contribution >= 4 is 23.6 Å². The first kappa shape index (κ1) is 30.7. The normalized spacial score (nSPS) is 19.0. The molecule has 0 unspecified atom stereocenters. The zero-order chi connectivity index (χ0) is 29.1. The second kappa shape index (κ2) is 12.1. The van der Waals surface area contributed by atoms with Gasteiger partial charge in [-0.3, -0.25) is 9.59 Å². The summed E-state index contributed by atoms with van der Waals surface area (Å²) in [5.74, 6) is 0.360. The first-order valence-electron chi connectivity index (χ1n) is 14.1. The van der Waals surface area contributed by atoms with Gasteiger partial charge >= 0.3 is 6.09 Å². The summed E-state index contributed by atoms with van der Waals surface area (Å²) in [4.78, 5) is 45.6. The largest absolute Gasteiger partial charge is 0.476 e. The van der Waals surface area contributed by atoms with Crippen LogP contribution in [-0.4, -0.2) is 84.3 Å². The monoisotopic (exact) mass is 545 g/mol. The Balaban J connectivity index is 1.91. The third kappa shape index (κ3) is 7.24. The molecule has 0 N–H and O–H groups in total. The second-order valence-corrected chi connectivity index (χ2v) is 12.4. The Bertz CT molecular complexity index is 1060. The zero-order valence-electron chi connectivity index (χ0n) is 25.3. The summed E-state index contributed by atoms with van der Waals surface area (Å²) in [5, 5.41) is 0. The molecular weight excluding hydrogens is 498 g/mol. The summed E-state index contributed by atoms with van der Waals surface area (Å²) < 4.78 is 16.9. The van der Waals surface area contributed by atoms with Gasteiger partial charge in [-0.05, 0) is 98.8 Å². The Kier molecular flexibility index (Phi) is 9.57. The van der Waals surface area contributed by atoms with Crippen molar-refractivity contribution in [2.24, 2.45) is 0 Å². The number of anilines is 1. The third-order valence-corrected chi connectivity index (χ3v) is 7.17. The van der Waals surface area contributed by atoms with Crippen LogP contribution in [0.5, 0.6) is 5.75 Å². The number of rotatable bonds is 8. The van der Waals surface area contributed by atoms with E-state index in [1.807, 2.05) is 52.5 Å². The van der Waals surface area contributed by atoms with Gasteiger partial charge in [0.25, 0.3) is 11.8 Å². The van der Waals surface area contributed by atoms with E-state index in [1.165, 1.54) is 0 Å². The number of piperidine rings is 1. The van der Waals surface area contributed by atoms with Crippen molar-refractivity contribution in [2.75, 3.05) is 38.3 Å². The predicted molar refractivity (Wildman–Crippen MR) is 151 cm³/mol. The van der Waals surface area contributed by atoms with Gasteiger partial charge in [-0.1, -0.05) is 0 Å². The SMILES string of the molecule is COCCCCN1C(=O)C(C)(C)Oc2cc(C)c(C(=O)N(C(C)C)[C@@H]3CCCN(C(=O)OC(C)(C)C)C3)cc21. The maximum absolute atomic E-state index is 14.1. The number of likely N-dealkylation sites (tertiary alicyclic amines) is 1. The van der Waals surface area contributed by atoms with Crippen LogP contribution in [0, 0.1) is 6.92 Å². The summed E-state index contributed by atoms with van der Waals surface area (Å²) in [7, 11) is 1.67. The van der Waals surface area contributed by atoms with Crippen molar-refractivity contribution in [1.29, 1.82) is 0 Å². The molecule has 2 heterocycles. The van der Waals surface area contributed by atoms with Crippen LogP contribution in [0.3, 0.4) is 0 Å². The van der Waals surface area contributed by atoms with E-state index in [2.05, 4.69) is 0 Å². The van der Waals surface area contributed by atoms with E-state index in [9.17, 15) is 14.4 Å². The van der Waals surface area contributed by atoms with Crippen LogP contribution >= 0.6 is 0 Å². The standard InChI is InChI=1S/C30H47N3O6/c1-20(2)33(22-13-12-14-31(19-22)28(36)39-29(4,5)6)26(34)23-18-24-25(17-21(23)3)38-30(7,8)27(35)32(24)15-10-11-16-37-9/h17-18,20,22H,10-16,19H2,1-9H3/t22-/m1/s1. The molecule has 1 fully saturated rings. The number of nitrogens with zero attached hydrogens (tertiary/aromatic N) is 3. The van der Waals surface area contributed by atoms with Crippen molar-refractivity contribution in [1.82, 2.24) is 9.80 Å². The fourth-order valence-electron chi connectivity index (χ4n) is 5.32. The second-order valence-electron chi connectivity index (χ2n) is 12.4. The predicted octanol–water partition coefficient (Wildman–Crippen LogP) is 5.18. The molecule has 1 saturated heterocycles. The van der Waals surface area contributed by atoms with E-state index in [4.69, 9.17) is 14.2 Å². The lowest BCUT2D eigenvalue weighted by Gasteiger charge is -2.42. The Morgan fingerprint density at radius 1 is 1.21 bits per heavy atom. The first-order valence-corrected chi connectivity index (χ1v) is 14.1. The molecule has 218 valence electrons. The Morgan fingerprint density at radius 2 is 1.90 bits per heavy atom. The molecule has 0 radical (unpaired) electrons. The zero-order valence-corrected chi connectivity index (χ0v) is 25.3. The number of unbranched alkanes of at least 4 members (excludes halogenated alkanes) is 1. The number of carbonyl (C=O) groups is 3. The van der Waals surface area contributed by atoms with E-state index < -0.39 is 11.2 Å². The summed E-state index contributed by atoms with van der Waals surface area (Å²) in [6.07, 6.45) is 2.83. The van der Waals surface area contributed by atoms with Crippen molar-refractivity contribution in [3.05, 3.63) is 23.3 Å². The van der Waals surface area contributed by atoms with E-state index in [-0.39, 0.29) is 30.0 Å². The number of amides is 3. The van der Waals surface area contributed by atoms with Crippen molar-refractivity contribution in [2.45, 2.75) is 104 Å². The van der Waals surface area contributed by atoms with Crippen molar-refractivity contribution < 1.29 is 28.6 Å². The van der Waals surface area contributed by atoms with E-state index in [0.29, 0.717) is 43.2 Å². The lowest BCUT2D eigenvalue weighted by molar-refractivity contribution is -0.132. The molecule has 0 aliphatic carbocycles. The molecule has 1 atom stereocenters. The summed E-state index contributed by atoms with van der Waals surface area (Å²) in [6, 6.07) is 3.45. The minimum absolute atomic E-state index is 0.0847. The van der Waals surface area contributed by atoms with Crippen molar-refractivity contribution in [3.63, 3.8) is 0 Å². The van der Waals surface area contributed by atoms with E-state index in [1.54, 1.807) is 36.8 Å². The third-order valence-electron chi connectivity index (χ3n) is 7.17. The van der Waals surface area contributed by atoms with Gasteiger partial charge in [-0.25, -0.2) is 4.79 Å². The quantitative estimate of drug-likeness (QED) is 0.419. The molecule has 0 spiro atoms. The molecule has 9 heteroatoms. The molecule has 1 aromatic rings.